The second kappa shape index (κ2) is 5.86. The van der Waals surface area contributed by atoms with Crippen molar-refractivity contribution >= 4 is 22.9 Å². The van der Waals surface area contributed by atoms with Gasteiger partial charge in [-0.3, -0.25) is 0 Å². The van der Waals surface area contributed by atoms with E-state index >= 15 is 0 Å². The predicted molar refractivity (Wildman–Crippen MR) is 78.6 cm³/mol. The molecule has 2 heterocycles. The van der Waals surface area contributed by atoms with Crippen LogP contribution in [0.3, 0.4) is 0 Å². The van der Waals surface area contributed by atoms with Crippen molar-refractivity contribution in [2.75, 3.05) is 29.9 Å². The molecule has 2 aromatic rings. The van der Waals surface area contributed by atoms with E-state index in [1.54, 1.807) is 6.33 Å². The Labute approximate surface area is 113 Å². The number of fused-ring (bicyclic) bond motifs is 1. The molecule has 6 heteroatoms. The van der Waals surface area contributed by atoms with Crippen LogP contribution in [0.2, 0.25) is 0 Å². The minimum absolute atomic E-state index is 0.579. The molecule has 0 aromatic carbocycles. The third kappa shape index (κ3) is 2.94. The van der Waals surface area contributed by atoms with Crippen molar-refractivity contribution in [3.8, 4) is 0 Å². The van der Waals surface area contributed by atoms with Gasteiger partial charge in [-0.1, -0.05) is 13.8 Å². The Morgan fingerprint density at radius 1 is 1.32 bits per heavy atom. The third-order valence-electron chi connectivity index (χ3n) is 2.87. The molecule has 2 rings (SSSR count). The van der Waals surface area contributed by atoms with Gasteiger partial charge in [-0.25, -0.2) is 4.98 Å². The topological polar surface area (TPSA) is 69.7 Å². The van der Waals surface area contributed by atoms with Crippen LogP contribution < -0.4 is 10.2 Å². The molecule has 0 fully saturated rings. The molecule has 19 heavy (non-hydrogen) atoms. The maximum Gasteiger partial charge on any atom is 0.226 e. The maximum absolute atomic E-state index is 4.62. The fourth-order valence-corrected chi connectivity index (χ4v) is 2.09. The van der Waals surface area contributed by atoms with E-state index in [1.807, 2.05) is 6.92 Å². The van der Waals surface area contributed by atoms with Gasteiger partial charge in [0.1, 0.15) is 5.52 Å². The zero-order chi connectivity index (χ0) is 13.8. The molecule has 2 aromatic heterocycles. The molecule has 0 spiro atoms. The highest BCUT2D eigenvalue weighted by molar-refractivity contribution is 5.84. The van der Waals surface area contributed by atoms with Crippen LogP contribution in [0.1, 0.15) is 27.7 Å². The average molecular weight is 262 g/mol. The van der Waals surface area contributed by atoms with Crippen molar-refractivity contribution in [2.24, 2.45) is 5.92 Å². The maximum atomic E-state index is 4.62. The second-order valence-electron chi connectivity index (χ2n) is 4.93. The lowest BCUT2D eigenvalue weighted by molar-refractivity contribution is 0.615. The summed E-state index contributed by atoms with van der Waals surface area (Å²) < 4.78 is 0. The SMILES string of the molecule is CCNc1nc(N(CC)CC(C)C)c2[nH]cnc2n1. The van der Waals surface area contributed by atoms with Gasteiger partial charge in [-0.2, -0.15) is 9.97 Å². The molecule has 104 valence electrons. The van der Waals surface area contributed by atoms with E-state index in [-0.39, 0.29) is 0 Å². The lowest BCUT2D eigenvalue weighted by Crippen LogP contribution is -2.28. The Balaban J connectivity index is 2.45. The Morgan fingerprint density at radius 3 is 2.74 bits per heavy atom. The van der Waals surface area contributed by atoms with Gasteiger partial charge in [0.25, 0.3) is 0 Å². The van der Waals surface area contributed by atoms with Crippen LogP contribution in [0.4, 0.5) is 11.8 Å². The molecule has 0 saturated carbocycles. The number of nitrogens with zero attached hydrogens (tertiary/aromatic N) is 4. The van der Waals surface area contributed by atoms with Gasteiger partial charge in [0, 0.05) is 19.6 Å². The Bertz CT molecular complexity index is 533. The largest absolute Gasteiger partial charge is 0.355 e. The first kappa shape index (κ1) is 13.6. The van der Waals surface area contributed by atoms with Crippen molar-refractivity contribution in [3.63, 3.8) is 0 Å². The van der Waals surface area contributed by atoms with E-state index in [0.717, 1.165) is 31.0 Å². The summed E-state index contributed by atoms with van der Waals surface area (Å²) in [5.41, 5.74) is 1.62. The highest BCUT2D eigenvalue weighted by atomic mass is 15.2. The Morgan fingerprint density at radius 2 is 2.11 bits per heavy atom. The summed E-state index contributed by atoms with van der Waals surface area (Å²) in [4.78, 5) is 18.7. The molecule has 0 aliphatic heterocycles. The highest BCUT2D eigenvalue weighted by Gasteiger charge is 2.15. The van der Waals surface area contributed by atoms with Gasteiger partial charge in [0.2, 0.25) is 5.95 Å². The fourth-order valence-electron chi connectivity index (χ4n) is 2.09. The first-order valence-electron chi connectivity index (χ1n) is 6.85. The summed E-state index contributed by atoms with van der Waals surface area (Å²) in [7, 11) is 0. The van der Waals surface area contributed by atoms with Crippen molar-refractivity contribution in [2.45, 2.75) is 27.7 Å². The molecule has 0 aliphatic rings. The lowest BCUT2D eigenvalue weighted by Gasteiger charge is -2.24. The molecular formula is C13H22N6. The first-order chi connectivity index (χ1) is 9.15. The van der Waals surface area contributed by atoms with Crippen molar-refractivity contribution in [3.05, 3.63) is 6.33 Å². The van der Waals surface area contributed by atoms with Crippen molar-refractivity contribution in [1.29, 1.82) is 0 Å². The van der Waals surface area contributed by atoms with Gasteiger partial charge in [-0.15, -0.1) is 0 Å². The Hall–Kier alpha value is -1.85. The van der Waals surface area contributed by atoms with Crippen LogP contribution in [-0.4, -0.2) is 39.6 Å². The summed E-state index contributed by atoms with van der Waals surface area (Å²) in [6.07, 6.45) is 1.67. The molecule has 0 atom stereocenters. The van der Waals surface area contributed by atoms with E-state index in [0.29, 0.717) is 17.5 Å². The van der Waals surface area contributed by atoms with Crippen LogP contribution in [-0.2, 0) is 0 Å². The monoisotopic (exact) mass is 262 g/mol. The summed E-state index contributed by atoms with van der Waals surface area (Å²) >= 11 is 0. The number of anilines is 2. The first-order valence-corrected chi connectivity index (χ1v) is 6.85. The molecule has 0 bridgehead atoms. The number of aromatic nitrogens is 4. The molecule has 0 unspecified atom stereocenters. The van der Waals surface area contributed by atoms with Crippen LogP contribution in [0, 0.1) is 5.92 Å². The van der Waals surface area contributed by atoms with Gasteiger partial charge in [-0.05, 0) is 19.8 Å². The van der Waals surface area contributed by atoms with Crippen LogP contribution >= 0.6 is 0 Å². The van der Waals surface area contributed by atoms with E-state index in [1.165, 1.54) is 0 Å². The molecule has 6 nitrogen and oxygen atoms in total. The number of hydrogen-bond donors (Lipinski definition) is 2. The Kier molecular flexibility index (Phi) is 4.19. The van der Waals surface area contributed by atoms with Crippen LogP contribution in [0.25, 0.3) is 11.2 Å². The zero-order valence-electron chi connectivity index (χ0n) is 12.1. The van der Waals surface area contributed by atoms with Crippen LogP contribution in [0.15, 0.2) is 6.33 Å². The smallest absolute Gasteiger partial charge is 0.226 e. The summed E-state index contributed by atoms with van der Waals surface area (Å²) in [5.74, 6) is 2.14. The molecule has 0 saturated heterocycles. The van der Waals surface area contributed by atoms with Crippen molar-refractivity contribution < 1.29 is 0 Å². The highest BCUT2D eigenvalue weighted by Crippen LogP contribution is 2.23. The van der Waals surface area contributed by atoms with Gasteiger partial charge in [0.15, 0.2) is 11.5 Å². The lowest BCUT2D eigenvalue weighted by atomic mass is 10.2. The fraction of sp³-hybridized carbons (Fsp3) is 0.615. The van der Waals surface area contributed by atoms with E-state index < -0.39 is 0 Å². The number of H-pyrrole nitrogens is 1. The minimum Gasteiger partial charge on any atom is -0.355 e. The molecule has 0 amide bonds. The van der Waals surface area contributed by atoms with Gasteiger partial charge >= 0.3 is 0 Å². The summed E-state index contributed by atoms with van der Waals surface area (Å²) in [5, 5.41) is 3.16. The standard InChI is InChI=1S/C13H22N6/c1-5-14-13-17-11-10(15-8-16-11)12(18-13)19(6-2)7-9(3)4/h8-9H,5-7H2,1-4H3,(H2,14,15,16,17,18). The van der Waals surface area contributed by atoms with E-state index in [2.05, 4.69) is 50.9 Å². The molecule has 2 N–H and O–H groups in total. The van der Waals surface area contributed by atoms with Crippen molar-refractivity contribution in [1.82, 2.24) is 19.9 Å². The third-order valence-corrected chi connectivity index (χ3v) is 2.87. The molecule has 0 radical (unpaired) electrons. The predicted octanol–water partition coefficient (Wildman–Crippen LogP) is 2.27. The van der Waals surface area contributed by atoms with E-state index in [9.17, 15) is 0 Å². The number of rotatable bonds is 6. The number of hydrogen-bond acceptors (Lipinski definition) is 5. The molecule has 0 aliphatic carbocycles. The van der Waals surface area contributed by atoms with E-state index in [4.69, 9.17) is 0 Å². The zero-order valence-corrected chi connectivity index (χ0v) is 12.1. The number of aromatic amines is 1. The normalized spacial score (nSPS) is 11.2. The minimum atomic E-state index is 0.579. The number of imidazole rings is 1. The second-order valence-corrected chi connectivity index (χ2v) is 4.93. The summed E-state index contributed by atoms with van der Waals surface area (Å²) in [6, 6.07) is 0. The average Bonchev–Trinajstić information content (AvgIpc) is 2.83. The number of nitrogens with one attached hydrogen (secondary N) is 2. The quantitative estimate of drug-likeness (QED) is 0.835. The molecular weight excluding hydrogens is 240 g/mol. The van der Waals surface area contributed by atoms with Gasteiger partial charge in [0.05, 0.1) is 6.33 Å². The summed E-state index contributed by atoms with van der Waals surface area (Å²) in [6.45, 7) is 11.3. The van der Waals surface area contributed by atoms with Crippen LogP contribution in [0.5, 0.6) is 0 Å². The van der Waals surface area contributed by atoms with Gasteiger partial charge < -0.3 is 15.2 Å².